The topological polar surface area (TPSA) is 64.1 Å². The molecule has 2 heterocycles. The summed E-state index contributed by atoms with van der Waals surface area (Å²) in [5, 5.41) is 3.78. The first-order chi connectivity index (χ1) is 16.1. The number of aromatic nitrogens is 2. The van der Waals surface area contributed by atoms with Crippen molar-refractivity contribution in [3.05, 3.63) is 77.3 Å². The van der Waals surface area contributed by atoms with Crippen LogP contribution in [0, 0.1) is 5.92 Å². The molecule has 1 amide bonds. The monoisotopic (exact) mass is 463 g/mol. The molecule has 0 bridgehead atoms. The first-order valence-electron chi connectivity index (χ1n) is 11.7. The van der Waals surface area contributed by atoms with Crippen LogP contribution in [0.25, 0.3) is 11.1 Å². The number of ether oxygens (including phenoxy) is 1. The Hall–Kier alpha value is -2.92. The highest BCUT2D eigenvalue weighted by Crippen LogP contribution is 2.39. The molecular weight excluding hydrogens is 434 g/mol. The third-order valence-electron chi connectivity index (χ3n) is 6.30. The molecule has 2 aromatic heterocycles. The number of carbonyl (C=O) groups is 1. The normalized spacial score (nSPS) is 18.0. The van der Waals surface area contributed by atoms with Crippen LogP contribution in [0.15, 0.2) is 61.1 Å². The molecule has 4 rings (SSSR count). The van der Waals surface area contributed by atoms with Gasteiger partial charge in [-0.1, -0.05) is 23.7 Å². The standard InChI is InChI=1S/C27H30ClN3O2/c1-2-33-24-9-5-19(6-10-24)15-26(32)30-17-20-3-7-22(8-4-20)27-25(16-23(28)18-31-27)21-11-13-29-14-12-21/h5-6,9-14,16,18,20,22H,2-4,7-8,15,17H2,1H3,(H,30,32). The summed E-state index contributed by atoms with van der Waals surface area (Å²) in [6.07, 6.45) is 10.0. The number of halogens is 1. The summed E-state index contributed by atoms with van der Waals surface area (Å²) in [7, 11) is 0. The lowest BCUT2D eigenvalue weighted by atomic mass is 9.78. The number of amides is 1. The molecule has 33 heavy (non-hydrogen) atoms. The van der Waals surface area contributed by atoms with Gasteiger partial charge in [0.25, 0.3) is 0 Å². The Balaban J connectivity index is 1.29. The number of hydrogen-bond acceptors (Lipinski definition) is 4. The van der Waals surface area contributed by atoms with Gasteiger partial charge in [0, 0.05) is 36.6 Å². The number of hydrogen-bond donors (Lipinski definition) is 1. The quantitative estimate of drug-likeness (QED) is 0.456. The highest BCUT2D eigenvalue weighted by atomic mass is 35.5. The minimum absolute atomic E-state index is 0.0700. The maximum Gasteiger partial charge on any atom is 0.224 e. The SMILES string of the molecule is CCOc1ccc(CC(=O)NCC2CCC(c3ncc(Cl)cc3-c3ccncc3)CC2)cc1. The number of nitrogens with one attached hydrogen (secondary N) is 1. The van der Waals surface area contributed by atoms with E-state index in [9.17, 15) is 4.79 Å². The summed E-state index contributed by atoms with van der Waals surface area (Å²) < 4.78 is 5.46. The van der Waals surface area contributed by atoms with E-state index in [1.165, 1.54) is 0 Å². The highest BCUT2D eigenvalue weighted by molar-refractivity contribution is 6.30. The summed E-state index contributed by atoms with van der Waals surface area (Å²) >= 11 is 6.25. The number of pyridine rings is 2. The Morgan fingerprint density at radius 2 is 1.82 bits per heavy atom. The van der Waals surface area contributed by atoms with Crippen molar-refractivity contribution in [3.8, 4) is 16.9 Å². The van der Waals surface area contributed by atoms with Crippen LogP contribution in [0.5, 0.6) is 5.75 Å². The fourth-order valence-electron chi connectivity index (χ4n) is 4.55. The summed E-state index contributed by atoms with van der Waals surface area (Å²) in [6.45, 7) is 3.33. The van der Waals surface area contributed by atoms with Gasteiger partial charge in [0.2, 0.25) is 5.91 Å². The molecule has 172 valence electrons. The van der Waals surface area contributed by atoms with Gasteiger partial charge in [0.05, 0.1) is 23.7 Å². The second-order valence-electron chi connectivity index (χ2n) is 8.60. The van der Waals surface area contributed by atoms with E-state index in [0.29, 0.717) is 29.9 Å². The molecule has 0 unspecified atom stereocenters. The predicted octanol–water partition coefficient (Wildman–Crippen LogP) is 5.83. The second kappa shape index (κ2) is 11.3. The Morgan fingerprint density at radius 1 is 1.09 bits per heavy atom. The van der Waals surface area contributed by atoms with E-state index in [1.807, 2.05) is 49.4 Å². The van der Waals surface area contributed by atoms with Crippen LogP contribution in [0.1, 0.15) is 49.8 Å². The van der Waals surface area contributed by atoms with Gasteiger partial charge in [-0.15, -0.1) is 0 Å². The molecule has 3 aromatic rings. The van der Waals surface area contributed by atoms with Crippen molar-refractivity contribution in [2.24, 2.45) is 5.92 Å². The van der Waals surface area contributed by atoms with Gasteiger partial charge in [-0.05, 0) is 80.0 Å². The summed E-state index contributed by atoms with van der Waals surface area (Å²) in [5.41, 5.74) is 4.30. The highest BCUT2D eigenvalue weighted by Gasteiger charge is 2.26. The van der Waals surface area contributed by atoms with E-state index < -0.39 is 0 Å². The van der Waals surface area contributed by atoms with Crippen molar-refractivity contribution in [2.75, 3.05) is 13.2 Å². The minimum Gasteiger partial charge on any atom is -0.494 e. The molecule has 0 saturated heterocycles. The molecule has 1 fully saturated rings. The molecule has 0 atom stereocenters. The minimum atomic E-state index is 0.0700. The first-order valence-corrected chi connectivity index (χ1v) is 12.0. The van der Waals surface area contributed by atoms with Gasteiger partial charge in [-0.3, -0.25) is 14.8 Å². The molecule has 1 aliphatic rings. The van der Waals surface area contributed by atoms with Crippen LogP contribution in [0.2, 0.25) is 5.02 Å². The molecule has 1 aliphatic carbocycles. The Labute approximate surface area is 200 Å². The van der Waals surface area contributed by atoms with Gasteiger partial charge in [-0.2, -0.15) is 0 Å². The molecule has 6 heteroatoms. The number of rotatable bonds is 8. The van der Waals surface area contributed by atoms with Crippen LogP contribution in [0.3, 0.4) is 0 Å². The van der Waals surface area contributed by atoms with Gasteiger partial charge in [-0.25, -0.2) is 0 Å². The average Bonchev–Trinajstić information content (AvgIpc) is 2.85. The zero-order chi connectivity index (χ0) is 23.0. The third-order valence-corrected chi connectivity index (χ3v) is 6.50. The molecule has 0 spiro atoms. The van der Waals surface area contributed by atoms with Gasteiger partial charge in [0.1, 0.15) is 5.75 Å². The number of carbonyl (C=O) groups excluding carboxylic acids is 1. The fraction of sp³-hybridized carbons (Fsp3) is 0.370. The van der Waals surface area contributed by atoms with Gasteiger partial charge < -0.3 is 10.1 Å². The Morgan fingerprint density at radius 3 is 2.52 bits per heavy atom. The van der Waals surface area contributed by atoms with E-state index in [1.54, 1.807) is 18.6 Å². The Kier molecular flexibility index (Phi) is 7.95. The molecule has 1 aromatic carbocycles. The van der Waals surface area contributed by atoms with Gasteiger partial charge >= 0.3 is 0 Å². The smallest absolute Gasteiger partial charge is 0.224 e. The van der Waals surface area contributed by atoms with E-state index in [-0.39, 0.29) is 5.91 Å². The third kappa shape index (κ3) is 6.32. The van der Waals surface area contributed by atoms with E-state index in [2.05, 4.69) is 10.3 Å². The largest absolute Gasteiger partial charge is 0.494 e. The lowest BCUT2D eigenvalue weighted by Gasteiger charge is -2.29. The van der Waals surface area contributed by atoms with E-state index >= 15 is 0 Å². The molecule has 1 N–H and O–H groups in total. The first kappa shape index (κ1) is 23.2. The lowest BCUT2D eigenvalue weighted by molar-refractivity contribution is -0.120. The molecular formula is C27H30ClN3O2. The maximum atomic E-state index is 12.4. The maximum absolute atomic E-state index is 12.4. The lowest BCUT2D eigenvalue weighted by Crippen LogP contribution is -2.32. The van der Waals surface area contributed by atoms with Crippen molar-refractivity contribution in [2.45, 2.75) is 44.9 Å². The summed E-state index contributed by atoms with van der Waals surface area (Å²) in [5.74, 6) is 1.81. The van der Waals surface area contributed by atoms with Gasteiger partial charge in [0.15, 0.2) is 0 Å². The average molecular weight is 464 g/mol. The van der Waals surface area contributed by atoms with Crippen LogP contribution in [0.4, 0.5) is 0 Å². The van der Waals surface area contributed by atoms with Crippen molar-refractivity contribution in [3.63, 3.8) is 0 Å². The second-order valence-corrected chi connectivity index (χ2v) is 9.03. The van der Waals surface area contributed by atoms with Crippen molar-refractivity contribution < 1.29 is 9.53 Å². The van der Waals surface area contributed by atoms with E-state index in [0.717, 1.165) is 60.4 Å². The number of benzene rings is 1. The van der Waals surface area contributed by atoms with Crippen LogP contribution >= 0.6 is 11.6 Å². The zero-order valence-electron chi connectivity index (χ0n) is 19.0. The van der Waals surface area contributed by atoms with Crippen LogP contribution in [-0.4, -0.2) is 29.0 Å². The molecule has 1 saturated carbocycles. The fourth-order valence-corrected chi connectivity index (χ4v) is 4.71. The van der Waals surface area contributed by atoms with Crippen molar-refractivity contribution in [1.29, 1.82) is 0 Å². The molecule has 0 aliphatic heterocycles. The Bertz CT molecular complexity index is 1050. The van der Waals surface area contributed by atoms with Crippen LogP contribution < -0.4 is 10.1 Å². The summed E-state index contributed by atoms with van der Waals surface area (Å²) in [4.78, 5) is 21.3. The zero-order valence-corrected chi connectivity index (χ0v) is 19.7. The predicted molar refractivity (Wildman–Crippen MR) is 132 cm³/mol. The van der Waals surface area contributed by atoms with Crippen molar-refractivity contribution >= 4 is 17.5 Å². The van der Waals surface area contributed by atoms with Crippen LogP contribution in [-0.2, 0) is 11.2 Å². The van der Waals surface area contributed by atoms with E-state index in [4.69, 9.17) is 21.3 Å². The number of nitrogens with zero attached hydrogens (tertiary/aromatic N) is 2. The molecule has 0 radical (unpaired) electrons. The van der Waals surface area contributed by atoms with Crippen molar-refractivity contribution in [1.82, 2.24) is 15.3 Å². The summed E-state index contributed by atoms with van der Waals surface area (Å²) in [6, 6.07) is 13.7. The molecule has 5 nitrogen and oxygen atoms in total.